The fraction of sp³-hybridized carbons (Fsp3) is 0.875. The summed E-state index contributed by atoms with van der Waals surface area (Å²) in [6, 6.07) is 2.58. The van der Waals surface area contributed by atoms with Crippen LogP contribution >= 0.6 is 0 Å². The molecule has 2 bridgehead atoms. The maximum atomic E-state index is 12.6. The van der Waals surface area contributed by atoms with Crippen molar-refractivity contribution < 1.29 is 9.53 Å². The van der Waals surface area contributed by atoms with Gasteiger partial charge >= 0.3 is 6.03 Å². The number of hydrogen-bond donors (Lipinski definition) is 1. The Labute approximate surface area is 125 Å². The van der Waals surface area contributed by atoms with Crippen molar-refractivity contribution >= 4 is 6.03 Å². The van der Waals surface area contributed by atoms with E-state index in [0.29, 0.717) is 30.7 Å². The van der Waals surface area contributed by atoms with Crippen LogP contribution in [-0.2, 0) is 4.74 Å². The summed E-state index contributed by atoms with van der Waals surface area (Å²) >= 11 is 0. The van der Waals surface area contributed by atoms with Gasteiger partial charge in [-0.15, -0.1) is 0 Å². The Hall–Kier alpha value is -1.28. The number of ether oxygens (including phenoxy) is 1. The third-order valence-corrected chi connectivity index (χ3v) is 6.38. The van der Waals surface area contributed by atoms with Gasteiger partial charge in [0.25, 0.3) is 0 Å². The first-order valence-corrected chi connectivity index (χ1v) is 8.12. The number of amides is 2. The van der Waals surface area contributed by atoms with Crippen molar-refractivity contribution in [1.82, 2.24) is 10.2 Å². The standard InChI is InChI=1S/C16H23N3O2/c1-21-14-10-6-11-8-19(13(14)12(11)7-10)15(20)18-9-16(2-3-16)4-5-17/h10-14H,2-4,6-9H2,1H3,(H,18,20)/t10-,11+,12-,13+,14+/m0/s1. The number of urea groups is 1. The molecule has 1 saturated heterocycles. The van der Waals surface area contributed by atoms with E-state index in [1.54, 1.807) is 7.11 Å². The summed E-state index contributed by atoms with van der Waals surface area (Å²) in [5, 5.41) is 11.9. The highest BCUT2D eigenvalue weighted by molar-refractivity contribution is 5.75. The number of methoxy groups -OCH3 is 1. The molecule has 3 saturated carbocycles. The van der Waals surface area contributed by atoms with E-state index in [-0.39, 0.29) is 23.6 Å². The molecule has 4 fully saturated rings. The summed E-state index contributed by atoms with van der Waals surface area (Å²) < 4.78 is 5.69. The normalized spacial score (nSPS) is 41.1. The Kier molecular flexibility index (Phi) is 2.94. The third kappa shape index (κ3) is 1.96. The Bertz CT molecular complexity index is 494. The molecule has 5 nitrogen and oxygen atoms in total. The molecule has 0 unspecified atom stereocenters. The predicted octanol–water partition coefficient (Wildman–Crippen LogP) is 1.75. The van der Waals surface area contributed by atoms with Crippen LogP contribution in [0.3, 0.4) is 0 Å². The molecule has 4 rings (SSSR count). The lowest BCUT2D eigenvalue weighted by Gasteiger charge is -2.31. The summed E-state index contributed by atoms with van der Waals surface area (Å²) in [5.74, 6) is 1.99. The molecule has 0 aromatic carbocycles. The van der Waals surface area contributed by atoms with E-state index in [9.17, 15) is 4.79 Å². The van der Waals surface area contributed by atoms with Crippen LogP contribution < -0.4 is 5.32 Å². The van der Waals surface area contributed by atoms with Crippen LogP contribution in [0.5, 0.6) is 0 Å². The van der Waals surface area contributed by atoms with Gasteiger partial charge in [0.2, 0.25) is 0 Å². The van der Waals surface area contributed by atoms with Crippen molar-refractivity contribution in [3.63, 3.8) is 0 Å². The number of nitriles is 1. The number of nitrogens with one attached hydrogen (secondary N) is 1. The summed E-state index contributed by atoms with van der Waals surface area (Å²) in [6.45, 7) is 1.54. The van der Waals surface area contributed by atoms with Gasteiger partial charge in [0.1, 0.15) is 0 Å². The van der Waals surface area contributed by atoms with Gasteiger partial charge in [-0.2, -0.15) is 5.26 Å². The minimum Gasteiger partial charge on any atom is -0.379 e. The van der Waals surface area contributed by atoms with Crippen molar-refractivity contribution in [3.05, 3.63) is 0 Å². The first kappa shape index (κ1) is 13.4. The monoisotopic (exact) mass is 289 g/mol. The largest absolute Gasteiger partial charge is 0.379 e. The van der Waals surface area contributed by atoms with Crippen LogP contribution in [0.2, 0.25) is 0 Å². The molecule has 0 spiro atoms. The quantitative estimate of drug-likeness (QED) is 0.857. The molecule has 21 heavy (non-hydrogen) atoms. The lowest BCUT2D eigenvalue weighted by Crippen LogP contribution is -2.49. The fourth-order valence-corrected chi connectivity index (χ4v) is 5.08. The van der Waals surface area contributed by atoms with Crippen LogP contribution in [0.1, 0.15) is 32.1 Å². The molecule has 5 atom stereocenters. The lowest BCUT2D eigenvalue weighted by molar-refractivity contribution is 0.0189. The average molecular weight is 289 g/mol. The number of carbonyl (C=O) groups is 1. The summed E-state index contributed by atoms with van der Waals surface area (Å²) in [6.07, 6.45) is 5.38. The molecule has 1 aliphatic heterocycles. The molecule has 1 N–H and O–H groups in total. The Morgan fingerprint density at radius 3 is 2.90 bits per heavy atom. The van der Waals surface area contributed by atoms with Gasteiger partial charge in [0.15, 0.2) is 0 Å². The second kappa shape index (κ2) is 4.61. The summed E-state index contributed by atoms with van der Waals surface area (Å²) in [5.41, 5.74) is 0.0714. The van der Waals surface area contributed by atoms with Crippen molar-refractivity contribution in [3.8, 4) is 6.07 Å². The van der Waals surface area contributed by atoms with Crippen LogP contribution in [0.4, 0.5) is 4.79 Å². The molecular formula is C16H23N3O2. The van der Waals surface area contributed by atoms with E-state index in [1.807, 2.05) is 4.90 Å². The van der Waals surface area contributed by atoms with E-state index in [1.165, 1.54) is 12.8 Å². The highest BCUT2D eigenvalue weighted by Gasteiger charge is 2.60. The number of carbonyl (C=O) groups excluding carboxylic acids is 1. The van der Waals surface area contributed by atoms with Gasteiger partial charge < -0.3 is 15.0 Å². The fourth-order valence-electron chi connectivity index (χ4n) is 5.08. The number of fused-ring (bicyclic) bond motifs is 1. The lowest BCUT2D eigenvalue weighted by atomic mass is 9.88. The zero-order chi connectivity index (χ0) is 14.6. The molecule has 0 aromatic rings. The average Bonchev–Trinajstić information content (AvgIpc) is 2.86. The second-order valence-electron chi connectivity index (χ2n) is 7.49. The van der Waals surface area contributed by atoms with Crippen molar-refractivity contribution in [2.24, 2.45) is 23.2 Å². The van der Waals surface area contributed by atoms with Crippen LogP contribution in [0.25, 0.3) is 0 Å². The van der Waals surface area contributed by atoms with E-state index in [4.69, 9.17) is 10.00 Å². The summed E-state index contributed by atoms with van der Waals surface area (Å²) in [7, 11) is 1.78. The Morgan fingerprint density at radius 2 is 2.24 bits per heavy atom. The third-order valence-electron chi connectivity index (χ3n) is 6.38. The van der Waals surface area contributed by atoms with Gasteiger partial charge in [-0.1, -0.05) is 0 Å². The van der Waals surface area contributed by atoms with Crippen molar-refractivity contribution in [2.75, 3.05) is 20.2 Å². The van der Waals surface area contributed by atoms with Gasteiger partial charge in [0, 0.05) is 32.0 Å². The van der Waals surface area contributed by atoms with E-state index in [2.05, 4.69) is 11.4 Å². The minimum absolute atomic E-state index is 0.0568. The highest BCUT2D eigenvalue weighted by Crippen LogP contribution is 2.55. The summed E-state index contributed by atoms with van der Waals surface area (Å²) in [4.78, 5) is 14.6. The molecule has 1 heterocycles. The van der Waals surface area contributed by atoms with Crippen LogP contribution in [-0.4, -0.2) is 43.3 Å². The Morgan fingerprint density at radius 1 is 1.43 bits per heavy atom. The Balaban J connectivity index is 1.40. The molecule has 114 valence electrons. The van der Waals surface area contributed by atoms with Crippen LogP contribution in [0.15, 0.2) is 0 Å². The number of likely N-dealkylation sites (tertiary alicyclic amines) is 1. The second-order valence-corrected chi connectivity index (χ2v) is 7.49. The predicted molar refractivity (Wildman–Crippen MR) is 76.3 cm³/mol. The van der Waals surface area contributed by atoms with Crippen LogP contribution in [0, 0.1) is 34.5 Å². The van der Waals surface area contributed by atoms with Crippen molar-refractivity contribution in [1.29, 1.82) is 5.26 Å². The first-order valence-electron chi connectivity index (χ1n) is 8.12. The number of nitrogens with zero attached hydrogens (tertiary/aromatic N) is 2. The zero-order valence-electron chi connectivity index (χ0n) is 12.5. The molecule has 3 aliphatic carbocycles. The molecular weight excluding hydrogens is 266 g/mol. The molecule has 4 aliphatic rings. The maximum Gasteiger partial charge on any atom is 0.317 e. The molecule has 0 radical (unpaired) electrons. The minimum atomic E-state index is 0.0568. The SMILES string of the molecule is CO[C@@H]1[C@H]2C[C@@H]3CN(C(=O)NCC4(CC#N)CC4)[C@@H]1[C@H]3C2. The van der Waals surface area contributed by atoms with E-state index >= 15 is 0 Å². The smallest absolute Gasteiger partial charge is 0.317 e. The molecule has 2 amide bonds. The van der Waals surface area contributed by atoms with E-state index in [0.717, 1.165) is 19.4 Å². The first-order chi connectivity index (χ1) is 10.2. The zero-order valence-corrected chi connectivity index (χ0v) is 12.5. The van der Waals surface area contributed by atoms with Gasteiger partial charge in [-0.3, -0.25) is 0 Å². The van der Waals surface area contributed by atoms with Gasteiger partial charge in [-0.05, 0) is 43.4 Å². The van der Waals surface area contributed by atoms with E-state index < -0.39 is 0 Å². The number of rotatable bonds is 4. The molecule has 5 heteroatoms. The molecule has 0 aromatic heterocycles. The van der Waals surface area contributed by atoms with Gasteiger partial charge in [0.05, 0.1) is 18.2 Å². The van der Waals surface area contributed by atoms with Crippen molar-refractivity contribution in [2.45, 2.75) is 44.2 Å². The topological polar surface area (TPSA) is 65.4 Å². The maximum absolute atomic E-state index is 12.6. The van der Waals surface area contributed by atoms with Gasteiger partial charge in [-0.25, -0.2) is 4.79 Å². The highest BCUT2D eigenvalue weighted by atomic mass is 16.5. The number of hydrogen-bond acceptors (Lipinski definition) is 3.